The van der Waals surface area contributed by atoms with E-state index in [2.05, 4.69) is 32.1 Å². The van der Waals surface area contributed by atoms with Gasteiger partial charge in [-0.05, 0) is 44.9 Å². The van der Waals surface area contributed by atoms with Crippen LogP contribution in [0.15, 0.2) is 72.9 Å². The van der Waals surface area contributed by atoms with E-state index in [4.69, 9.17) is 24.3 Å². The normalized spacial score (nSPS) is 14.7. The first-order valence-corrected chi connectivity index (χ1v) is 21.5. The fourth-order valence-electron chi connectivity index (χ4n) is 4.98. The van der Waals surface area contributed by atoms with Gasteiger partial charge in [0.25, 0.3) is 0 Å². The number of nitrogens with two attached hydrogens (primary N) is 1. The quantitative estimate of drug-likeness (QED) is 0.0185. The minimum Gasteiger partial charge on any atom is -0.462 e. The number of hydrogen-bond donors (Lipinski definition) is 3. The molecule has 0 heterocycles. The zero-order valence-electron chi connectivity index (χ0n) is 32.8. The van der Waals surface area contributed by atoms with Crippen LogP contribution in [0.4, 0.5) is 0 Å². The molecule has 0 aliphatic carbocycles. The molecule has 0 spiro atoms. The third-order valence-electron chi connectivity index (χ3n) is 7.95. The maximum atomic E-state index is 12.5. The lowest BCUT2D eigenvalue weighted by Crippen LogP contribution is -2.29. The van der Waals surface area contributed by atoms with Gasteiger partial charge in [0.2, 0.25) is 0 Å². The van der Waals surface area contributed by atoms with Crippen molar-refractivity contribution in [3.8, 4) is 0 Å². The van der Waals surface area contributed by atoms with Gasteiger partial charge >= 0.3 is 19.8 Å². The van der Waals surface area contributed by atoms with Crippen molar-refractivity contribution in [2.45, 2.75) is 154 Å². The molecule has 0 saturated carbocycles. The average molecular weight is 766 g/mol. The van der Waals surface area contributed by atoms with E-state index in [1.165, 1.54) is 57.8 Å². The first-order chi connectivity index (χ1) is 25.7. The van der Waals surface area contributed by atoms with E-state index in [-0.39, 0.29) is 32.6 Å². The molecule has 0 aromatic carbocycles. The monoisotopic (exact) mass is 765 g/mol. The second-order valence-electron chi connectivity index (χ2n) is 13.0. The molecular formula is C42H72NO9P. The van der Waals surface area contributed by atoms with Gasteiger partial charge in [-0.2, -0.15) is 0 Å². The van der Waals surface area contributed by atoms with Crippen molar-refractivity contribution in [2.75, 3.05) is 26.4 Å². The summed E-state index contributed by atoms with van der Waals surface area (Å²) in [6.07, 6.45) is 41.3. The van der Waals surface area contributed by atoms with Crippen LogP contribution < -0.4 is 5.73 Å². The molecule has 0 rings (SSSR count). The molecule has 3 atom stereocenters. The summed E-state index contributed by atoms with van der Waals surface area (Å²) >= 11 is 0. The molecule has 304 valence electrons. The first kappa shape index (κ1) is 50.4. The van der Waals surface area contributed by atoms with Gasteiger partial charge in [-0.3, -0.25) is 18.6 Å². The molecule has 0 amide bonds. The maximum absolute atomic E-state index is 12.5. The van der Waals surface area contributed by atoms with E-state index >= 15 is 0 Å². The number of unbranched alkanes of at least 4 members (excludes halogenated alkanes) is 11. The van der Waals surface area contributed by atoms with Crippen molar-refractivity contribution in [2.24, 2.45) is 5.73 Å². The number of carbonyl (C=O) groups is 2. The molecule has 0 fully saturated rings. The topological polar surface area (TPSA) is 155 Å². The summed E-state index contributed by atoms with van der Waals surface area (Å²) in [4.78, 5) is 34.7. The van der Waals surface area contributed by atoms with Crippen LogP contribution in [-0.2, 0) is 32.7 Å². The number of rotatable bonds is 36. The number of ether oxygens (including phenoxy) is 2. The fraction of sp³-hybridized carbons (Fsp3) is 0.667. The molecule has 0 saturated heterocycles. The Morgan fingerprint density at radius 1 is 0.679 bits per heavy atom. The number of phosphoric ester groups is 1. The van der Waals surface area contributed by atoms with Crippen molar-refractivity contribution in [3.05, 3.63) is 72.9 Å². The van der Waals surface area contributed by atoms with E-state index in [1.807, 2.05) is 48.6 Å². The number of phosphoric acid groups is 1. The van der Waals surface area contributed by atoms with Gasteiger partial charge in [-0.25, -0.2) is 4.57 Å². The van der Waals surface area contributed by atoms with Gasteiger partial charge in [0, 0.05) is 19.4 Å². The Kier molecular flexibility index (Phi) is 35.9. The zero-order chi connectivity index (χ0) is 39.1. The minimum atomic E-state index is -4.40. The number of carbonyl (C=O) groups excluding carboxylic acids is 2. The molecule has 0 aromatic heterocycles. The molecule has 0 aliphatic heterocycles. The van der Waals surface area contributed by atoms with Crippen LogP contribution in [0.2, 0.25) is 0 Å². The summed E-state index contributed by atoms with van der Waals surface area (Å²) < 4.78 is 32.6. The lowest BCUT2D eigenvalue weighted by molar-refractivity contribution is -0.161. The Labute approximate surface area is 321 Å². The molecular weight excluding hydrogens is 693 g/mol. The average Bonchev–Trinajstić information content (AvgIpc) is 3.14. The van der Waals surface area contributed by atoms with E-state index in [1.54, 1.807) is 6.08 Å². The Bertz CT molecular complexity index is 1120. The predicted molar refractivity (Wildman–Crippen MR) is 216 cm³/mol. The van der Waals surface area contributed by atoms with Crippen LogP contribution in [0.5, 0.6) is 0 Å². The molecule has 2 unspecified atom stereocenters. The van der Waals surface area contributed by atoms with Crippen molar-refractivity contribution < 1.29 is 42.7 Å². The lowest BCUT2D eigenvalue weighted by atomic mass is 10.0. The molecule has 0 radical (unpaired) electrons. The molecule has 11 heteroatoms. The van der Waals surface area contributed by atoms with E-state index in [0.717, 1.165) is 38.5 Å². The maximum Gasteiger partial charge on any atom is 0.472 e. The van der Waals surface area contributed by atoms with Crippen LogP contribution in [-0.4, -0.2) is 60.5 Å². The standard InChI is InChI=1S/C42H72NO9P/c1-3-5-7-8-9-10-11-16-19-22-25-29-33-41(45)49-37-40(38-51-53(47,48)50-36-35-43)52-42(46)34-30-26-23-20-17-14-12-13-15-18-21-24-28-32-39(44)31-27-6-4-2/h6,13-15,17,21,23-24,26-28,32,39-40,44H,3-5,7-12,16,18-20,22,25,29-31,33-38,43H2,1-2H3,(H,47,48)/b15-13-,17-14-,24-21+,26-23-,27-6-,32-28+/t39?,40-/m1/s1. The zero-order valence-corrected chi connectivity index (χ0v) is 33.7. The number of allylic oxidation sites excluding steroid dienone is 10. The summed E-state index contributed by atoms with van der Waals surface area (Å²) in [6, 6.07) is 0. The first-order valence-electron chi connectivity index (χ1n) is 20.0. The highest BCUT2D eigenvalue weighted by Gasteiger charge is 2.25. The largest absolute Gasteiger partial charge is 0.472 e. The summed E-state index contributed by atoms with van der Waals surface area (Å²) in [5.74, 6) is -0.953. The second kappa shape index (κ2) is 37.7. The van der Waals surface area contributed by atoms with Crippen molar-refractivity contribution in [1.29, 1.82) is 0 Å². The van der Waals surface area contributed by atoms with Gasteiger partial charge in [0.1, 0.15) is 6.61 Å². The van der Waals surface area contributed by atoms with Crippen molar-refractivity contribution in [3.63, 3.8) is 0 Å². The van der Waals surface area contributed by atoms with Gasteiger partial charge in [0.15, 0.2) is 6.10 Å². The summed E-state index contributed by atoms with van der Waals surface area (Å²) in [5, 5.41) is 9.82. The SMILES string of the molecule is CC/C=C\CC(O)/C=C/C=C/C/C=C\C/C=C\C/C=C\CCC(=O)O[C@H](COC(=O)CCCCCCCCCCCCCC)COP(=O)(O)OCCN. The minimum absolute atomic E-state index is 0.0328. The Hall–Kier alpha value is -2.59. The van der Waals surface area contributed by atoms with Crippen molar-refractivity contribution >= 4 is 19.8 Å². The summed E-state index contributed by atoms with van der Waals surface area (Å²) in [7, 11) is -4.40. The van der Waals surface area contributed by atoms with Gasteiger partial charge in [0.05, 0.1) is 19.3 Å². The molecule has 0 aliphatic rings. The summed E-state index contributed by atoms with van der Waals surface area (Å²) in [6.45, 7) is 3.40. The Morgan fingerprint density at radius 3 is 1.87 bits per heavy atom. The van der Waals surface area contributed by atoms with Crippen LogP contribution >= 0.6 is 7.82 Å². The highest BCUT2D eigenvalue weighted by molar-refractivity contribution is 7.47. The third-order valence-corrected chi connectivity index (χ3v) is 8.93. The predicted octanol–water partition coefficient (Wildman–Crippen LogP) is 10.1. The number of aliphatic hydroxyl groups excluding tert-OH is 1. The second-order valence-corrected chi connectivity index (χ2v) is 14.4. The van der Waals surface area contributed by atoms with Crippen LogP contribution in [0.3, 0.4) is 0 Å². The van der Waals surface area contributed by atoms with Crippen LogP contribution in [0.1, 0.15) is 142 Å². The van der Waals surface area contributed by atoms with Gasteiger partial charge in [-0.15, -0.1) is 0 Å². The Balaban J connectivity index is 4.39. The van der Waals surface area contributed by atoms with Crippen LogP contribution in [0.25, 0.3) is 0 Å². The number of esters is 2. The van der Waals surface area contributed by atoms with Crippen LogP contribution in [0, 0.1) is 0 Å². The smallest absolute Gasteiger partial charge is 0.462 e. The van der Waals surface area contributed by atoms with Gasteiger partial charge < -0.3 is 25.2 Å². The highest BCUT2D eigenvalue weighted by atomic mass is 31.2. The lowest BCUT2D eigenvalue weighted by Gasteiger charge is -2.19. The van der Waals surface area contributed by atoms with Gasteiger partial charge in [-0.1, -0.05) is 157 Å². The van der Waals surface area contributed by atoms with E-state index < -0.39 is 38.6 Å². The molecule has 0 bridgehead atoms. The summed E-state index contributed by atoms with van der Waals surface area (Å²) in [5.41, 5.74) is 5.33. The molecule has 4 N–H and O–H groups in total. The van der Waals surface area contributed by atoms with E-state index in [9.17, 15) is 24.2 Å². The molecule has 53 heavy (non-hydrogen) atoms. The third kappa shape index (κ3) is 37.5. The fourth-order valence-corrected chi connectivity index (χ4v) is 5.74. The number of aliphatic hydroxyl groups is 1. The highest BCUT2D eigenvalue weighted by Crippen LogP contribution is 2.43. The van der Waals surface area contributed by atoms with Crippen molar-refractivity contribution in [1.82, 2.24) is 0 Å². The molecule has 10 nitrogen and oxygen atoms in total. The number of hydrogen-bond acceptors (Lipinski definition) is 9. The van der Waals surface area contributed by atoms with E-state index in [0.29, 0.717) is 19.3 Å². The molecule has 0 aromatic rings. The Morgan fingerprint density at radius 2 is 1.26 bits per heavy atom.